The third-order valence-electron chi connectivity index (χ3n) is 4.07. The molecule has 24 heavy (non-hydrogen) atoms. The summed E-state index contributed by atoms with van der Waals surface area (Å²) in [6.45, 7) is 2.74. The van der Waals surface area contributed by atoms with Crippen LogP contribution in [0.4, 0.5) is 0 Å². The van der Waals surface area contributed by atoms with Gasteiger partial charge in [-0.05, 0) is 11.6 Å². The van der Waals surface area contributed by atoms with Crippen LogP contribution in [0, 0.1) is 0 Å². The number of pyridine rings is 1. The fourth-order valence-electron chi connectivity index (χ4n) is 2.84. The zero-order chi connectivity index (χ0) is 16.4. The summed E-state index contributed by atoms with van der Waals surface area (Å²) in [5, 5.41) is 16.2. The van der Waals surface area contributed by atoms with Crippen molar-refractivity contribution in [3.8, 4) is 11.3 Å². The van der Waals surface area contributed by atoms with Crippen molar-refractivity contribution in [3.63, 3.8) is 0 Å². The third-order valence-corrected chi connectivity index (χ3v) is 4.07. The van der Waals surface area contributed by atoms with Gasteiger partial charge in [-0.3, -0.25) is 9.67 Å². The standard InChI is InChI=1S/C16H19N7O/c1-22-9-13(7-19-22)16-15-11-24-14(10-23(15)21-20-16)8-18-6-12-3-2-4-17-5-12/h2-5,7,9,14,18H,6,8,10-11H2,1H3/t14-/m1/s1. The predicted octanol–water partition coefficient (Wildman–Crippen LogP) is 0.762. The van der Waals surface area contributed by atoms with Crippen molar-refractivity contribution in [1.82, 2.24) is 35.1 Å². The molecule has 0 unspecified atom stereocenters. The second-order valence-corrected chi connectivity index (χ2v) is 5.89. The quantitative estimate of drug-likeness (QED) is 0.746. The zero-order valence-electron chi connectivity index (χ0n) is 13.5. The van der Waals surface area contributed by atoms with E-state index in [1.165, 1.54) is 0 Å². The molecule has 0 aliphatic carbocycles. The maximum absolute atomic E-state index is 5.96. The Balaban J connectivity index is 1.37. The molecule has 0 aromatic carbocycles. The summed E-state index contributed by atoms with van der Waals surface area (Å²) in [4.78, 5) is 4.11. The lowest BCUT2D eigenvalue weighted by Crippen LogP contribution is -2.36. The van der Waals surface area contributed by atoms with Gasteiger partial charge in [-0.1, -0.05) is 11.3 Å². The lowest BCUT2D eigenvalue weighted by molar-refractivity contribution is 0.00125. The Morgan fingerprint density at radius 3 is 3.12 bits per heavy atom. The number of rotatable bonds is 5. The second kappa shape index (κ2) is 6.50. The van der Waals surface area contributed by atoms with Crippen LogP contribution < -0.4 is 5.32 Å². The fourth-order valence-corrected chi connectivity index (χ4v) is 2.84. The molecule has 1 aliphatic heterocycles. The maximum atomic E-state index is 5.96. The molecule has 4 heterocycles. The molecule has 124 valence electrons. The number of fused-ring (bicyclic) bond motifs is 1. The number of nitrogens with one attached hydrogen (secondary N) is 1. The normalized spacial score (nSPS) is 17.0. The zero-order valence-corrected chi connectivity index (χ0v) is 13.5. The van der Waals surface area contributed by atoms with E-state index in [9.17, 15) is 0 Å². The van der Waals surface area contributed by atoms with Crippen LogP contribution >= 0.6 is 0 Å². The molecule has 3 aromatic heterocycles. The van der Waals surface area contributed by atoms with Gasteiger partial charge >= 0.3 is 0 Å². The van der Waals surface area contributed by atoms with Gasteiger partial charge in [-0.15, -0.1) is 5.10 Å². The predicted molar refractivity (Wildman–Crippen MR) is 86.7 cm³/mol. The van der Waals surface area contributed by atoms with Crippen molar-refractivity contribution in [2.45, 2.75) is 25.8 Å². The average molecular weight is 325 g/mol. The van der Waals surface area contributed by atoms with Gasteiger partial charge in [-0.25, -0.2) is 4.68 Å². The summed E-state index contributed by atoms with van der Waals surface area (Å²) < 4.78 is 9.66. The Bertz CT molecular complexity index is 811. The van der Waals surface area contributed by atoms with Crippen LogP contribution in [0.1, 0.15) is 11.3 Å². The van der Waals surface area contributed by atoms with E-state index >= 15 is 0 Å². The van der Waals surface area contributed by atoms with E-state index in [2.05, 4.69) is 31.8 Å². The molecule has 8 nitrogen and oxygen atoms in total. The molecule has 3 aromatic rings. The molecule has 1 atom stereocenters. The summed E-state index contributed by atoms with van der Waals surface area (Å²) in [5.41, 5.74) is 3.99. The second-order valence-electron chi connectivity index (χ2n) is 5.89. The van der Waals surface area contributed by atoms with Crippen molar-refractivity contribution < 1.29 is 4.74 Å². The largest absolute Gasteiger partial charge is 0.369 e. The first kappa shape index (κ1) is 15.0. The number of aryl methyl sites for hydroxylation is 1. The van der Waals surface area contributed by atoms with Crippen molar-refractivity contribution in [2.24, 2.45) is 7.05 Å². The molecule has 1 aliphatic rings. The Kier molecular flexibility index (Phi) is 4.06. The van der Waals surface area contributed by atoms with Crippen LogP contribution in [0.25, 0.3) is 11.3 Å². The highest BCUT2D eigenvalue weighted by molar-refractivity contribution is 5.59. The average Bonchev–Trinajstić information content (AvgIpc) is 3.21. The number of aromatic nitrogens is 6. The molecule has 0 spiro atoms. The van der Waals surface area contributed by atoms with Gasteiger partial charge in [0.05, 0.1) is 31.1 Å². The minimum atomic E-state index is 0.0811. The Morgan fingerprint density at radius 2 is 2.33 bits per heavy atom. The van der Waals surface area contributed by atoms with Gasteiger partial charge in [0.1, 0.15) is 5.69 Å². The van der Waals surface area contributed by atoms with Crippen molar-refractivity contribution in [3.05, 3.63) is 48.2 Å². The van der Waals surface area contributed by atoms with E-state index in [0.29, 0.717) is 13.2 Å². The van der Waals surface area contributed by atoms with Gasteiger partial charge in [0.2, 0.25) is 0 Å². The number of hydrogen-bond donors (Lipinski definition) is 1. The number of nitrogens with zero attached hydrogens (tertiary/aromatic N) is 6. The first-order valence-electron chi connectivity index (χ1n) is 7.92. The van der Waals surface area contributed by atoms with Gasteiger partial charge in [0.15, 0.2) is 0 Å². The Labute approximate surface area is 139 Å². The van der Waals surface area contributed by atoms with Crippen molar-refractivity contribution in [1.29, 1.82) is 0 Å². The third kappa shape index (κ3) is 3.06. The van der Waals surface area contributed by atoms with E-state index in [0.717, 1.165) is 35.6 Å². The first-order valence-corrected chi connectivity index (χ1v) is 7.92. The van der Waals surface area contributed by atoms with Gasteiger partial charge in [0, 0.05) is 44.3 Å². The lowest BCUT2D eigenvalue weighted by Gasteiger charge is -2.24. The van der Waals surface area contributed by atoms with E-state index < -0.39 is 0 Å². The van der Waals surface area contributed by atoms with Crippen LogP contribution in [0.5, 0.6) is 0 Å². The van der Waals surface area contributed by atoms with Crippen LogP contribution in [0.2, 0.25) is 0 Å². The highest BCUT2D eigenvalue weighted by Gasteiger charge is 2.24. The van der Waals surface area contributed by atoms with Crippen LogP contribution in [-0.2, 0) is 31.5 Å². The van der Waals surface area contributed by atoms with E-state index in [1.807, 2.05) is 30.2 Å². The Hall–Kier alpha value is -2.58. The van der Waals surface area contributed by atoms with Gasteiger partial charge < -0.3 is 10.1 Å². The summed E-state index contributed by atoms with van der Waals surface area (Å²) >= 11 is 0. The van der Waals surface area contributed by atoms with E-state index in [4.69, 9.17) is 4.74 Å². The fraction of sp³-hybridized carbons (Fsp3) is 0.375. The molecule has 0 saturated heterocycles. The summed E-state index contributed by atoms with van der Waals surface area (Å²) in [6, 6.07) is 3.99. The highest BCUT2D eigenvalue weighted by Crippen LogP contribution is 2.24. The van der Waals surface area contributed by atoms with Crippen LogP contribution in [0.15, 0.2) is 36.9 Å². The van der Waals surface area contributed by atoms with Gasteiger partial charge in [0.25, 0.3) is 0 Å². The molecule has 0 radical (unpaired) electrons. The maximum Gasteiger partial charge on any atom is 0.121 e. The molecule has 0 amide bonds. The monoisotopic (exact) mass is 325 g/mol. The molecular weight excluding hydrogens is 306 g/mol. The van der Waals surface area contributed by atoms with Crippen molar-refractivity contribution in [2.75, 3.05) is 6.54 Å². The topological polar surface area (TPSA) is 82.7 Å². The number of hydrogen-bond acceptors (Lipinski definition) is 6. The molecule has 1 N–H and O–H groups in total. The van der Waals surface area contributed by atoms with Crippen LogP contribution in [-0.4, -0.2) is 42.4 Å². The van der Waals surface area contributed by atoms with E-state index in [-0.39, 0.29) is 6.10 Å². The lowest BCUT2D eigenvalue weighted by atomic mass is 10.2. The summed E-state index contributed by atoms with van der Waals surface area (Å²) in [7, 11) is 1.89. The smallest absolute Gasteiger partial charge is 0.121 e. The number of ether oxygens (including phenoxy) is 1. The first-order chi connectivity index (χ1) is 11.8. The van der Waals surface area contributed by atoms with Gasteiger partial charge in [-0.2, -0.15) is 5.10 Å². The molecule has 0 bridgehead atoms. The molecule has 4 rings (SSSR count). The SMILES string of the molecule is Cn1cc(-c2nnn3c2CO[C@H](CNCc2cccnc2)C3)cn1. The Morgan fingerprint density at radius 1 is 1.38 bits per heavy atom. The highest BCUT2D eigenvalue weighted by atomic mass is 16.5. The van der Waals surface area contributed by atoms with Crippen LogP contribution in [0.3, 0.4) is 0 Å². The van der Waals surface area contributed by atoms with E-state index in [1.54, 1.807) is 17.1 Å². The molecule has 0 saturated carbocycles. The molecular formula is C16H19N7O. The summed E-state index contributed by atoms with van der Waals surface area (Å²) in [5.74, 6) is 0. The minimum absolute atomic E-state index is 0.0811. The summed E-state index contributed by atoms with van der Waals surface area (Å²) in [6.07, 6.45) is 7.46. The van der Waals surface area contributed by atoms with Crippen molar-refractivity contribution >= 4 is 0 Å². The molecule has 0 fully saturated rings. The molecule has 8 heteroatoms. The minimum Gasteiger partial charge on any atom is -0.369 e.